The van der Waals surface area contributed by atoms with Crippen molar-refractivity contribution in [2.24, 2.45) is 0 Å². The van der Waals surface area contributed by atoms with Gasteiger partial charge in [0.25, 0.3) is 5.91 Å². The van der Waals surface area contributed by atoms with Crippen molar-refractivity contribution in [2.75, 3.05) is 4.90 Å². The van der Waals surface area contributed by atoms with Gasteiger partial charge >= 0.3 is 0 Å². The number of fused-ring (bicyclic) bond motifs is 1. The van der Waals surface area contributed by atoms with E-state index in [1.807, 2.05) is 32.0 Å². The van der Waals surface area contributed by atoms with Gasteiger partial charge in [-0.2, -0.15) is 0 Å². The van der Waals surface area contributed by atoms with E-state index >= 15 is 0 Å². The number of rotatable bonds is 1. The lowest BCUT2D eigenvalue weighted by molar-refractivity contribution is -0.119. The maximum absolute atomic E-state index is 12.0. The van der Waals surface area contributed by atoms with Crippen LogP contribution in [0.25, 0.3) is 0 Å². The third-order valence-corrected chi connectivity index (χ3v) is 3.24. The number of carbonyl (C=O) groups is 1. The van der Waals surface area contributed by atoms with E-state index in [1.165, 1.54) is 0 Å². The van der Waals surface area contributed by atoms with Gasteiger partial charge in [-0.15, -0.1) is 0 Å². The molecule has 4 heteroatoms. The molecule has 0 N–H and O–H groups in total. The zero-order valence-corrected chi connectivity index (χ0v) is 10.0. The molecule has 0 atom stereocenters. The Morgan fingerprint density at radius 3 is 2.47 bits per heavy atom. The minimum Gasteiger partial charge on any atom is -0.307 e. The number of hydrogen-bond acceptors (Lipinski definition) is 1. The van der Waals surface area contributed by atoms with Crippen molar-refractivity contribution >= 4 is 34.8 Å². The van der Waals surface area contributed by atoms with E-state index < -0.39 is 4.33 Å². The predicted molar refractivity (Wildman–Crippen MR) is 62.4 cm³/mol. The molecule has 2 rings (SSSR count). The first-order valence-corrected chi connectivity index (χ1v) is 5.53. The molecule has 0 spiro atoms. The molecule has 0 aromatic heterocycles. The second-order valence-electron chi connectivity index (χ2n) is 3.86. The molecule has 0 saturated carbocycles. The summed E-state index contributed by atoms with van der Waals surface area (Å²) >= 11 is 12.1. The molecule has 1 aliphatic rings. The van der Waals surface area contributed by atoms with Crippen LogP contribution in [0.1, 0.15) is 19.4 Å². The van der Waals surface area contributed by atoms with Crippen molar-refractivity contribution in [3.05, 3.63) is 29.8 Å². The summed E-state index contributed by atoms with van der Waals surface area (Å²) in [6.45, 7) is 3.87. The molecule has 0 unspecified atom stereocenters. The highest BCUT2D eigenvalue weighted by Crippen LogP contribution is 2.48. The SMILES string of the molecule is CC(C)N1C(=O)C(Cl)(Cl)c2ccccc21. The summed E-state index contributed by atoms with van der Waals surface area (Å²) in [5, 5.41) is 0. The van der Waals surface area contributed by atoms with Gasteiger partial charge in [0, 0.05) is 11.6 Å². The number of alkyl halides is 2. The van der Waals surface area contributed by atoms with Crippen molar-refractivity contribution < 1.29 is 4.79 Å². The van der Waals surface area contributed by atoms with E-state index in [1.54, 1.807) is 11.0 Å². The van der Waals surface area contributed by atoms with Crippen LogP contribution in [0.4, 0.5) is 5.69 Å². The smallest absolute Gasteiger partial charge is 0.268 e. The number of halogens is 2. The first-order chi connectivity index (χ1) is 6.96. The lowest BCUT2D eigenvalue weighted by atomic mass is 10.1. The van der Waals surface area contributed by atoms with Crippen LogP contribution in [0.5, 0.6) is 0 Å². The topological polar surface area (TPSA) is 20.3 Å². The van der Waals surface area contributed by atoms with Gasteiger partial charge in [0.05, 0.1) is 5.69 Å². The molecule has 1 aromatic carbocycles. The van der Waals surface area contributed by atoms with Crippen LogP contribution in [-0.2, 0) is 9.13 Å². The van der Waals surface area contributed by atoms with Crippen molar-refractivity contribution in [3.8, 4) is 0 Å². The Hall–Kier alpha value is -0.730. The van der Waals surface area contributed by atoms with Crippen molar-refractivity contribution in [1.82, 2.24) is 0 Å². The maximum atomic E-state index is 12.0. The molecule has 1 aromatic rings. The Bertz CT molecular complexity index is 415. The molecule has 2 nitrogen and oxygen atoms in total. The third-order valence-electron chi connectivity index (χ3n) is 2.51. The Morgan fingerprint density at radius 2 is 1.87 bits per heavy atom. The first kappa shape index (κ1) is 10.8. The highest BCUT2D eigenvalue weighted by molar-refractivity contribution is 6.60. The Balaban J connectivity index is 2.62. The normalized spacial score (nSPS) is 18.5. The number of para-hydroxylation sites is 1. The quantitative estimate of drug-likeness (QED) is 0.695. The van der Waals surface area contributed by atoms with E-state index in [-0.39, 0.29) is 11.9 Å². The molecule has 0 bridgehead atoms. The van der Waals surface area contributed by atoms with Crippen LogP contribution in [0.3, 0.4) is 0 Å². The van der Waals surface area contributed by atoms with Gasteiger partial charge in [-0.25, -0.2) is 0 Å². The predicted octanol–water partition coefficient (Wildman–Crippen LogP) is 3.07. The molecule has 0 saturated heterocycles. The van der Waals surface area contributed by atoms with E-state index in [2.05, 4.69) is 0 Å². The molecule has 1 aliphatic heterocycles. The van der Waals surface area contributed by atoms with Gasteiger partial charge in [-0.1, -0.05) is 41.4 Å². The summed E-state index contributed by atoms with van der Waals surface area (Å²) in [6, 6.07) is 7.40. The summed E-state index contributed by atoms with van der Waals surface area (Å²) in [5.41, 5.74) is 1.48. The average Bonchev–Trinajstić information content (AvgIpc) is 2.36. The molecule has 0 fully saturated rings. The van der Waals surface area contributed by atoms with Gasteiger partial charge in [0.15, 0.2) is 0 Å². The Labute approximate surface area is 98.8 Å². The number of carbonyl (C=O) groups excluding carboxylic acids is 1. The largest absolute Gasteiger partial charge is 0.307 e. The summed E-state index contributed by atoms with van der Waals surface area (Å²) in [7, 11) is 0. The van der Waals surface area contributed by atoms with Gasteiger partial charge in [0.2, 0.25) is 4.33 Å². The fraction of sp³-hybridized carbons (Fsp3) is 0.364. The van der Waals surface area contributed by atoms with Gasteiger partial charge < -0.3 is 4.90 Å². The average molecular weight is 244 g/mol. The number of hydrogen-bond donors (Lipinski definition) is 0. The van der Waals surface area contributed by atoms with Crippen LogP contribution in [0.15, 0.2) is 24.3 Å². The fourth-order valence-corrected chi connectivity index (χ4v) is 2.34. The molecular formula is C11H11Cl2NO. The molecule has 1 heterocycles. The van der Waals surface area contributed by atoms with Gasteiger partial charge in [-0.05, 0) is 19.9 Å². The second kappa shape index (κ2) is 3.39. The monoisotopic (exact) mass is 243 g/mol. The standard InChI is InChI=1S/C11H11Cl2NO/c1-7(2)14-9-6-4-3-5-8(9)11(12,13)10(14)15/h3-7H,1-2H3. The fourth-order valence-electron chi connectivity index (χ4n) is 1.84. The van der Waals surface area contributed by atoms with E-state index in [0.29, 0.717) is 5.56 Å². The van der Waals surface area contributed by atoms with Crippen molar-refractivity contribution in [2.45, 2.75) is 24.2 Å². The van der Waals surface area contributed by atoms with Crippen molar-refractivity contribution in [3.63, 3.8) is 0 Å². The second-order valence-corrected chi connectivity index (χ2v) is 5.19. The number of benzene rings is 1. The van der Waals surface area contributed by atoms with Crippen LogP contribution in [-0.4, -0.2) is 11.9 Å². The lowest BCUT2D eigenvalue weighted by Gasteiger charge is -2.22. The molecule has 80 valence electrons. The molecule has 0 aliphatic carbocycles. The summed E-state index contributed by atoms with van der Waals surface area (Å²) < 4.78 is -1.43. The first-order valence-electron chi connectivity index (χ1n) is 4.77. The van der Waals surface area contributed by atoms with E-state index in [0.717, 1.165) is 5.69 Å². The number of nitrogens with zero attached hydrogens (tertiary/aromatic N) is 1. The molecule has 1 amide bonds. The van der Waals surface area contributed by atoms with E-state index in [9.17, 15) is 4.79 Å². The molecule has 15 heavy (non-hydrogen) atoms. The van der Waals surface area contributed by atoms with Crippen LogP contribution in [0, 0.1) is 0 Å². The Kier molecular flexibility index (Phi) is 2.44. The van der Waals surface area contributed by atoms with Crippen LogP contribution < -0.4 is 4.90 Å². The van der Waals surface area contributed by atoms with Gasteiger partial charge in [0.1, 0.15) is 0 Å². The number of anilines is 1. The van der Waals surface area contributed by atoms with Gasteiger partial charge in [-0.3, -0.25) is 4.79 Å². The summed E-state index contributed by atoms with van der Waals surface area (Å²) in [5.74, 6) is -0.262. The highest BCUT2D eigenvalue weighted by Gasteiger charge is 2.49. The zero-order chi connectivity index (χ0) is 11.2. The highest BCUT2D eigenvalue weighted by atomic mass is 35.5. The lowest BCUT2D eigenvalue weighted by Crippen LogP contribution is -2.38. The van der Waals surface area contributed by atoms with E-state index in [4.69, 9.17) is 23.2 Å². The van der Waals surface area contributed by atoms with Crippen LogP contribution >= 0.6 is 23.2 Å². The number of amides is 1. The molecular weight excluding hydrogens is 233 g/mol. The third kappa shape index (κ3) is 1.44. The summed E-state index contributed by atoms with van der Waals surface area (Å²) in [6.07, 6.45) is 0. The summed E-state index contributed by atoms with van der Waals surface area (Å²) in [4.78, 5) is 13.6. The minimum absolute atomic E-state index is 0.0537. The van der Waals surface area contributed by atoms with Crippen molar-refractivity contribution in [1.29, 1.82) is 0 Å². The minimum atomic E-state index is -1.43. The van der Waals surface area contributed by atoms with Crippen LogP contribution in [0.2, 0.25) is 0 Å². The molecule has 0 radical (unpaired) electrons. The zero-order valence-electron chi connectivity index (χ0n) is 8.50. The maximum Gasteiger partial charge on any atom is 0.268 e. The Morgan fingerprint density at radius 1 is 1.27 bits per heavy atom.